The van der Waals surface area contributed by atoms with Crippen molar-refractivity contribution in [3.8, 4) is 11.5 Å². The van der Waals surface area contributed by atoms with Crippen LogP contribution in [0.15, 0.2) is 30.3 Å². The van der Waals surface area contributed by atoms with Crippen molar-refractivity contribution in [3.05, 3.63) is 85.4 Å². The van der Waals surface area contributed by atoms with Gasteiger partial charge in [-0.2, -0.15) is 0 Å². The summed E-state index contributed by atoms with van der Waals surface area (Å²) in [6.45, 7) is 6.42. The summed E-state index contributed by atoms with van der Waals surface area (Å²) in [5.74, 6) is 0.514. The van der Waals surface area contributed by atoms with Crippen molar-refractivity contribution in [1.29, 1.82) is 0 Å². The van der Waals surface area contributed by atoms with Crippen LogP contribution in [0.5, 0.6) is 11.5 Å². The van der Waals surface area contributed by atoms with Crippen molar-refractivity contribution in [3.63, 3.8) is 0 Å². The molecule has 1 amide bonds. The number of benzene rings is 3. The Balaban J connectivity index is 1.33. The Morgan fingerprint density at radius 2 is 1.66 bits per heavy atom. The zero-order chi connectivity index (χ0) is 32.2. The van der Waals surface area contributed by atoms with Crippen LogP contribution in [0.1, 0.15) is 106 Å². The summed E-state index contributed by atoms with van der Waals surface area (Å²) in [5, 5.41) is 15.8. The minimum Gasteiger partial charge on any atom is -0.478 e. The van der Waals surface area contributed by atoms with Crippen molar-refractivity contribution >= 4 is 28.9 Å². The van der Waals surface area contributed by atoms with Gasteiger partial charge in [0.1, 0.15) is 30.4 Å². The number of nitrogens with one attached hydrogen (secondary N) is 1. The molecule has 0 unspecified atom stereocenters. The number of Topliss-reactive ketones (excluding diaryl/α,β-unsaturated/α-hetero) is 1. The highest BCUT2D eigenvalue weighted by atomic mass is 16.5. The Morgan fingerprint density at radius 3 is 2.47 bits per heavy atom. The normalized spacial score (nSPS) is 17.2. The number of carboxylic acids is 1. The maximum Gasteiger partial charge on any atom is 0.336 e. The first-order chi connectivity index (χ1) is 22.9. The number of nitrogens with zero attached hydrogens (tertiary/aromatic N) is 2. The summed E-state index contributed by atoms with van der Waals surface area (Å²) >= 11 is 0. The number of hydrogen-bond donors (Lipinski definition) is 2. The Kier molecular flexibility index (Phi) is 7.61. The van der Waals surface area contributed by atoms with E-state index in [0.717, 1.165) is 105 Å². The number of aromatic carboxylic acids is 1. The number of anilines is 1. The molecule has 0 bridgehead atoms. The highest BCUT2D eigenvalue weighted by molar-refractivity contribution is 6.03. The van der Waals surface area contributed by atoms with Gasteiger partial charge in [0, 0.05) is 84.1 Å². The zero-order valence-corrected chi connectivity index (χ0v) is 27.2. The largest absolute Gasteiger partial charge is 0.478 e. The highest BCUT2D eigenvalue weighted by Crippen LogP contribution is 2.48. The minimum atomic E-state index is -1.07. The van der Waals surface area contributed by atoms with Gasteiger partial charge in [0.15, 0.2) is 0 Å². The first-order valence-corrected chi connectivity index (χ1v) is 17.5. The number of fused-ring (bicyclic) bond motifs is 4. The Bertz CT molecular complexity index is 1990. The van der Waals surface area contributed by atoms with Gasteiger partial charge in [0.2, 0.25) is 5.36 Å². The average molecular weight is 633 g/mol. The molecular formula is C39H42N3O5+. The van der Waals surface area contributed by atoms with Gasteiger partial charge in [-0.25, -0.2) is 9.37 Å². The van der Waals surface area contributed by atoms with Crippen LogP contribution in [0, 0.1) is 0 Å². The van der Waals surface area contributed by atoms with E-state index in [1.54, 1.807) is 6.07 Å². The molecule has 0 aliphatic carbocycles. The van der Waals surface area contributed by atoms with Gasteiger partial charge in [0.05, 0.1) is 11.1 Å². The Morgan fingerprint density at radius 1 is 0.894 bits per heavy atom. The van der Waals surface area contributed by atoms with E-state index in [2.05, 4.69) is 26.9 Å². The summed E-state index contributed by atoms with van der Waals surface area (Å²) in [7, 11) is 0. The number of ether oxygens (including phenoxy) is 1. The van der Waals surface area contributed by atoms with Crippen LogP contribution >= 0.6 is 0 Å². The summed E-state index contributed by atoms with van der Waals surface area (Å²) in [6.07, 6.45) is 9.65. The molecule has 242 valence electrons. The van der Waals surface area contributed by atoms with E-state index >= 15 is 0 Å². The fourth-order valence-corrected chi connectivity index (χ4v) is 8.65. The lowest BCUT2D eigenvalue weighted by atomic mass is 9.81. The third kappa shape index (κ3) is 5.04. The van der Waals surface area contributed by atoms with E-state index in [1.165, 1.54) is 39.4 Å². The van der Waals surface area contributed by atoms with Gasteiger partial charge in [-0.1, -0.05) is 13.0 Å². The maximum absolute atomic E-state index is 13.2. The lowest BCUT2D eigenvalue weighted by Gasteiger charge is -2.39. The second kappa shape index (κ2) is 12.0. The number of carboxylic acid groups (broad SMARTS) is 1. The smallest absolute Gasteiger partial charge is 0.336 e. The second-order valence-electron chi connectivity index (χ2n) is 13.7. The molecule has 0 atom stereocenters. The van der Waals surface area contributed by atoms with Crippen molar-refractivity contribution in [2.75, 3.05) is 37.6 Å². The monoisotopic (exact) mass is 632 g/mol. The van der Waals surface area contributed by atoms with Crippen LogP contribution in [-0.4, -0.2) is 55.5 Å². The van der Waals surface area contributed by atoms with Crippen LogP contribution in [0.4, 0.5) is 5.69 Å². The highest BCUT2D eigenvalue weighted by Gasteiger charge is 2.36. The molecule has 0 saturated heterocycles. The standard InChI is InChI=1S/C39H41N3O5/c1-2-26(43)10-3-15-40-38(44)25-13-14-27(30(22-25)39(45)46)33-31-20-23-8-4-16-41-18-6-11-28(34(23)41)36(31)47-37-29-12-7-19-42-17-5-9-24(35(29)42)21-32(33)37/h13-14,20-22H,2-12,15-19H2,1H3,(H-,40,44,45,46)/p+1. The average Bonchev–Trinajstić information content (AvgIpc) is 3.09. The van der Waals surface area contributed by atoms with Crippen molar-refractivity contribution in [1.82, 2.24) is 9.89 Å². The molecular weight excluding hydrogens is 590 g/mol. The molecule has 5 heterocycles. The number of ketones is 1. The fourth-order valence-electron chi connectivity index (χ4n) is 8.65. The predicted molar refractivity (Wildman–Crippen MR) is 181 cm³/mol. The van der Waals surface area contributed by atoms with E-state index in [-0.39, 0.29) is 17.3 Å². The molecule has 0 saturated carbocycles. The lowest BCUT2D eigenvalue weighted by molar-refractivity contribution is -0.118. The van der Waals surface area contributed by atoms with Crippen molar-refractivity contribution in [2.24, 2.45) is 0 Å². The first-order valence-electron chi connectivity index (χ1n) is 17.5. The van der Waals surface area contributed by atoms with Gasteiger partial charge in [-0.05, 0) is 80.3 Å². The topological polar surface area (TPSA) is 99.0 Å². The van der Waals surface area contributed by atoms with Gasteiger partial charge in [-0.3, -0.25) is 9.59 Å². The zero-order valence-electron chi connectivity index (χ0n) is 27.2. The number of hydrogen-bond acceptors (Lipinski definition) is 5. The van der Waals surface area contributed by atoms with E-state index in [9.17, 15) is 19.5 Å². The van der Waals surface area contributed by atoms with Crippen molar-refractivity contribution in [2.45, 2.75) is 77.6 Å². The molecule has 0 fully saturated rings. The van der Waals surface area contributed by atoms with Crippen LogP contribution < -0.4 is 30.1 Å². The molecule has 0 radical (unpaired) electrons. The van der Waals surface area contributed by atoms with Gasteiger partial charge >= 0.3 is 5.97 Å². The summed E-state index contributed by atoms with van der Waals surface area (Å²) in [5.41, 5.74) is 9.32. The third-order valence-electron chi connectivity index (χ3n) is 10.8. The minimum absolute atomic E-state index is 0.105. The molecule has 3 aromatic rings. The maximum atomic E-state index is 13.2. The van der Waals surface area contributed by atoms with E-state index < -0.39 is 5.97 Å². The first kappa shape index (κ1) is 29.9. The van der Waals surface area contributed by atoms with E-state index in [4.69, 9.17) is 4.74 Å². The van der Waals surface area contributed by atoms with Crippen LogP contribution in [-0.2, 0) is 30.5 Å². The van der Waals surface area contributed by atoms with Crippen LogP contribution in [0.3, 0.4) is 0 Å². The molecule has 0 spiro atoms. The Hall–Kier alpha value is -4.46. The van der Waals surface area contributed by atoms with Gasteiger partial charge in [-0.15, -0.1) is 0 Å². The summed E-state index contributed by atoms with van der Waals surface area (Å²) in [6, 6.07) is 9.61. The van der Waals surface area contributed by atoms with Gasteiger partial charge < -0.3 is 20.1 Å². The molecule has 3 aromatic carbocycles. The fraction of sp³-hybridized carbons (Fsp3) is 0.436. The predicted octanol–water partition coefficient (Wildman–Crippen LogP) is 4.31. The number of carbonyl (C=O) groups excluding carboxylic acids is 2. The molecule has 8 nitrogen and oxygen atoms in total. The number of carbonyl (C=O) groups is 3. The lowest BCUT2D eigenvalue weighted by Crippen LogP contribution is -2.45. The summed E-state index contributed by atoms with van der Waals surface area (Å²) in [4.78, 5) is 40.4. The number of amides is 1. The molecule has 0 aromatic heterocycles. The van der Waals surface area contributed by atoms with Crippen molar-refractivity contribution < 1.29 is 24.2 Å². The third-order valence-corrected chi connectivity index (χ3v) is 10.8. The molecule has 8 rings (SSSR count). The van der Waals surface area contributed by atoms with Crippen LogP contribution in [0.2, 0.25) is 0 Å². The van der Waals surface area contributed by atoms with Gasteiger partial charge in [0.25, 0.3) is 5.91 Å². The van der Waals surface area contributed by atoms with E-state index in [1.807, 2.05) is 13.0 Å². The molecule has 47 heavy (non-hydrogen) atoms. The summed E-state index contributed by atoms with van der Waals surface area (Å²) < 4.78 is 9.62. The molecule has 5 aliphatic rings. The van der Waals surface area contributed by atoms with Crippen LogP contribution in [0.25, 0.3) is 5.57 Å². The molecule has 5 aliphatic heterocycles. The SMILES string of the molecule is CCC(=O)CCCNC(=O)c1ccc(C2=c3cc4c5c(c3Oc3c2cc2c6c3CCCN6CCC2)CCC[N+]=5CCC4)c(C(=O)O)c1. The van der Waals surface area contributed by atoms with E-state index in [0.29, 0.717) is 36.9 Å². The quantitative estimate of drug-likeness (QED) is 0.222. The number of rotatable bonds is 8. The Labute approximate surface area is 274 Å². The molecule has 2 N–H and O–H groups in total. The second-order valence-corrected chi connectivity index (χ2v) is 13.7. The molecule has 8 heteroatoms. The number of aryl methyl sites for hydroxylation is 2.